The zero-order valence-corrected chi connectivity index (χ0v) is 14.4. The predicted molar refractivity (Wildman–Crippen MR) is 93.8 cm³/mol. The van der Waals surface area contributed by atoms with Crippen LogP contribution in [0.2, 0.25) is 0 Å². The van der Waals surface area contributed by atoms with Crippen molar-refractivity contribution in [3.05, 3.63) is 71.8 Å². The monoisotopic (exact) mass is 369 g/mol. The number of hydrogen-bond acceptors (Lipinski definition) is 6. The van der Waals surface area contributed by atoms with E-state index in [-0.39, 0.29) is 13.2 Å². The molecule has 1 N–H and O–H groups in total. The summed E-state index contributed by atoms with van der Waals surface area (Å²) in [6.07, 6.45) is -2.73. The molecule has 140 valence electrons. The molecule has 2 fully saturated rings. The van der Waals surface area contributed by atoms with Gasteiger partial charge in [0, 0.05) is 0 Å². The molecule has 2 aliphatic heterocycles. The maximum atomic E-state index is 12.5. The average molecular weight is 369 g/mol. The minimum Gasteiger partial charge on any atom is -0.451 e. The summed E-state index contributed by atoms with van der Waals surface area (Å²) < 4.78 is 22.4. The molecule has 2 aromatic carbocycles. The molecular formula is C20H19NO6. The number of carbonyl (C=O) groups excluding carboxylic acids is 2. The molecule has 0 aliphatic carbocycles. The van der Waals surface area contributed by atoms with Gasteiger partial charge in [0.2, 0.25) is 0 Å². The van der Waals surface area contributed by atoms with Gasteiger partial charge in [0.25, 0.3) is 0 Å². The molecule has 0 bridgehead atoms. The van der Waals surface area contributed by atoms with Gasteiger partial charge in [-0.3, -0.25) is 0 Å². The molecule has 0 radical (unpaired) electrons. The summed E-state index contributed by atoms with van der Waals surface area (Å²) in [5.41, 5.74) is 1.37. The Hall–Kier alpha value is -2.90. The van der Waals surface area contributed by atoms with Crippen LogP contribution in [0.5, 0.6) is 0 Å². The molecule has 0 unspecified atom stereocenters. The molecule has 2 saturated heterocycles. The summed E-state index contributed by atoms with van der Waals surface area (Å²) in [7, 11) is 0. The Morgan fingerprint density at radius 1 is 1.07 bits per heavy atom. The normalized spacial score (nSPS) is 26.6. The third kappa shape index (κ3) is 3.94. The van der Waals surface area contributed by atoms with Gasteiger partial charge in [0.05, 0.1) is 18.8 Å². The van der Waals surface area contributed by atoms with Crippen LogP contribution >= 0.6 is 0 Å². The number of fused-ring (bicyclic) bond motifs is 1. The highest BCUT2D eigenvalue weighted by Gasteiger charge is 2.50. The number of esters is 1. The van der Waals surface area contributed by atoms with Crippen LogP contribution in [0.1, 0.15) is 15.9 Å². The van der Waals surface area contributed by atoms with Crippen LogP contribution < -0.4 is 5.32 Å². The number of nitrogens with one attached hydrogen (secondary N) is 1. The van der Waals surface area contributed by atoms with E-state index in [0.29, 0.717) is 5.56 Å². The van der Waals surface area contributed by atoms with Crippen LogP contribution in [0.25, 0.3) is 0 Å². The van der Waals surface area contributed by atoms with Gasteiger partial charge < -0.3 is 24.3 Å². The van der Waals surface area contributed by atoms with Crippen molar-refractivity contribution in [3.8, 4) is 0 Å². The first-order valence-corrected chi connectivity index (χ1v) is 8.71. The van der Waals surface area contributed by atoms with Gasteiger partial charge in [-0.1, -0.05) is 48.5 Å². The van der Waals surface area contributed by atoms with E-state index >= 15 is 0 Å². The van der Waals surface area contributed by atoms with Crippen molar-refractivity contribution in [1.29, 1.82) is 0 Å². The van der Waals surface area contributed by atoms with Crippen molar-refractivity contribution in [1.82, 2.24) is 5.32 Å². The Balaban J connectivity index is 1.50. The van der Waals surface area contributed by atoms with E-state index in [9.17, 15) is 9.59 Å². The first kappa shape index (κ1) is 17.5. The Bertz CT molecular complexity index is 797. The molecule has 7 heteroatoms. The standard InChI is InChI=1S/C20H19NO6/c22-18(14-9-5-2-6-10-14)27-17-16-15(26-20(23)21-16)12-25-19(17)24-11-13-7-3-1-4-8-13/h1-10,15-17,19H,11-12H2,(H,21,23)/t15-,16-,17+,19+/m1/s1. The summed E-state index contributed by atoms with van der Waals surface area (Å²) in [6.45, 7) is 0.458. The molecule has 27 heavy (non-hydrogen) atoms. The van der Waals surface area contributed by atoms with Crippen LogP contribution in [-0.4, -0.2) is 43.2 Å². The summed E-state index contributed by atoms with van der Waals surface area (Å²) in [4.78, 5) is 24.1. The van der Waals surface area contributed by atoms with Gasteiger partial charge >= 0.3 is 12.1 Å². The van der Waals surface area contributed by atoms with Crippen LogP contribution in [0.15, 0.2) is 60.7 Å². The van der Waals surface area contributed by atoms with E-state index in [4.69, 9.17) is 18.9 Å². The van der Waals surface area contributed by atoms with Crippen molar-refractivity contribution in [2.24, 2.45) is 0 Å². The largest absolute Gasteiger partial charge is 0.451 e. The molecule has 0 aromatic heterocycles. The molecule has 0 saturated carbocycles. The van der Waals surface area contributed by atoms with E-state index in [1.54, 1.807) is 24.3 Å². The average Bonchev–Trinajstić information content (AvgIpc) is 3.09. The van der Waals surface area contributed by atoms with Crippen LogP contribution in [0.3, 0.4) is 0 Å². The first-order valence-electron chi connectivity index (χ1n) is 8.71. The predicted octanol–water partition coefficient (Wildman–Crippen LogP) is 2.26. The van der Waals surface area contributed by atoms with E-state index in [0.717, 1.165) is 5.56 Å². The minimum atomic E-state index is -0.827. The lowest BCUT2D eigenvalue weighted by molar-refractivity contribution is -0.240. The Morgan fingerprint density at radius 2 is 1.78 bits per heavy atom. The van der Waals surface area contributed by atoms with Gasteiger partial charge in [0.1, 0.15) is 6.04 Å². The number of carbonyl (C=O) groups is 2. The Labute approximate surface area is 156 Å². The highest BCUT2D eigenvalue weighted by molar-refractivity contribution is 5.89. The summed E-state index contributed by atoms with van der Waals surface area (Å²) >= 11 is 0. The van der Waals surface area contributed by atoms with E-state index < -0.39 is 36.6 Å². The SMILES string of the molecule is O=C1N[C@H]2[C@H](OC(=O)c3ccccc3)[C@@H](OCc3ccccc3)OC[C@H]2O1. The number of alkyl carbamates (subject to hydrolysis) is 1. The number of hydrogen-bond donors (Lipinski definition) is 1. The quantitative estimate of drug-likeness (QED) is 0.814. The third-order valence-corrected chi connectivity index (χ3v) is 4.50. The molecular weight excluding hydrogens is 350 g/mol. The van der Waals surface area contributed by atoms with E-state index in [1.165, 1.54) is 0 Å². The zero-order valence-electron chi connectivity index (χ0n) is 14.4. The number of ether oxygens (including phenoxy) is 4. The lowest BCUT2D eigenvalue weighted by Crippen LogP contribution is -2.57. The molecule has 2 heterocycles. The van der Waals surface area contributed by atoms with Crippen molar-refractivity contribution in [2.75, 3.05) is 6.61 Å². The molecule has 0 spiro atoms. The molecule has 4 atom stereocenters. The van der Waals surface area contributed by atoms with Crippen molar-refractivity contribution in [3.63, 3.8) is 0 Å². The maximum Gasteiger partial charge on any atom is 0.408 e. The van der Waals surface area contributed by atoms with Gasteiger partial charge in [-0.15, -0.1) is 0 Å². The summed E-state index contributed by atoms with van der Waals surface area (Å²) in [5.74, 6) is -0.515. The van der Waals surface area contributed by atoms with Gasteiger partial charge in [-0.05, 0) is 17.7 Å². The van der Waals surface area contributed by atoms with Crippen molar-refractivity contribution >= 4 is 12.1 Å². The number of amides is 1. The molecule has 2 aliphatic rings. The molecule has 1 amide bonds. The Kier molecular flexibility index (Phi) is 5.04. The number of benzene rings is 2. The summed E-state index contributed by atoms with van der Waals surface area (Å²) in [5, 5.41) is 2.69. The highest BCUT2D eigenvalue weighted by Crippen LogP contribution is 2.27. The number of rotatable bonds is 5. The molecule has 7 nitrogen and oxygen atoms in total. The smallest absolute Gasteiger partial charge is 0.408 e. The fraction of sp³-hybridized carbons (Fsp3) is 0.300. The maximum absolute atomic E-state index is 12.5. The summed E-state index contributed by atoms with van der Waals surface area (Å²) in [6, 6.07) is 17.7. The fourth-order valence-corrected chi connectivity index (χ4v) is 3.15. The topological polar surface area (TPSA) is 83.1 Å². The van der Waals surface area contributed by atoms with Crippen LogP contribution in [0, 0.1) is 0 Å². The van der Waals surface area contributed by atoms with Gasteiger partial charge in [-0.2, -0.15) is 0 Å². The minimum absolute atomic E-state index is 0.169. The van der Waals surface area contributed by atoms with Gasteiger partial charge in [-0.25, -0.2) is 9.59 Å². The van der Waals surface area contributed by atoms with Gasteiger partial charge in [0.15, 0.2) is 18.5 Å². The molecule has 4 rings (SSSR count). The highest BCUT2D eigenvalue weighted by atomic mass is 16.7. The Morgan fingerprint density at radius 3 is 2.52 bits per heavy atom. The van der Waals surface area contributed by atoms with Crippen molar-refractivity contribution < 1.29 is 28.5 Å². The van der Waals surface area contributed by atoms with E-state index in [2.05, 4.69) is 5.32 Å². The fourth-order valence-electron chi connectivity index (χ4n) is 3.15. The van der Waals surface area contributed by atoms with Crippen LogP contribution in [-0.2, 0) is 25.6 Å². The lowest BCUT2D eigenvalue weighted by Gasteiger charge is -2.36. The second-order valence-electron chi connectivity index (χ2n) is 6.35. The second kappa shape index (κ2) is 7.77. The second-order valence-corrected chi connectivity index (χ2v) is 6.35. The molecule has 2 aromatic rings. The lowest BCUT2D eigenvalue weighted by atomic mass is 10.0. The van der Waals surface area contributed by atoms with Crippen molar-refractivity contribution in [2.45, 2.75) is 31.1 Å². The zero-order chi connectivity index (χ0) is 18.6. The first-order chi connectivity index (χ1) is 13.2. The van der Waals surface area contributed by atoms with E-state index in [1.807, 2.05) is 36.4 Å². The third-order valence-electron chi connectivity index (χ3n) is 4.50. The van der Waals surface area contributed by atoms with Crippen LogP contribution in [0.4, 0.5) is 4.79 Å².